The molecule has 5 heteroatoms. The maximum absolute atomic E-state index is 11.7. The van der Waals surface area contributed by atoms with Gasteiger partial charge in [0.1, 0.15) is 0 Å². The Bertz CT molecular complexity index is 264. The van der Waals surface area contributed by atoms with E-state index in [1.807, 2.05) is 0 Å². The van der Waals surface area contributed by atoms with E-state index in [0.717, 1.165) is 0 Å². The van der Waals surface area contributed by atoms with Crippen LogP contribution in [-0.2, 0) is 14.3 Å². The van der Waals surface area contributed by atoms with Crippen molar-refractivity contribution in [1.82, 2.24) is 4.90 Å². The SMILES string of the molecule is CC(C)C(=O)N1CC(C(=O)O)O[C@H](C)C1. The molecule has 0 saturated carbocycles. The van der Waals surface area contributed by atoms with Crippen molar-refractivity contribution >= 4 is 11.9 Å². The van der Waals surface area contributed by atoms with Crippen LogP contribution in [0.3, 0.4) is 0 Å². The van der Waals surface area contributed by atoms with E-state index in [-0.39, 0.29) is 24.5 Å². The average molecular weight is 215 g/mol. The van der Waals surface area contributed by atoms with Crippen LogP contribution >= 0.6 is 0 Å². The smallest absolute Gasteiger partial charge is 0.334 e. The lowest BCUT2D eigenvalue weighted by atomic mass is 10.1. The van der Waals surface area contributed by atoms with Gasteiger partial charge in [0.15, 0.2) is 6.10 Å². The number of morpholine rings is 1. The number of carboxylic acids is 1. The van der Waals surface area contributed by atoms with Crippen molar-refractivity contribution in [2.45, 2.75) is 33.0 Å². The number of carboxylic acid groups (broad SMARTS) is 1. The Labute approximate surface area is 89.0 Å². The number of hydrogen-bond donors (Lipinski definition) is 1. The molecule has 1 unspecified atom stereocenters. The summed E-state index contributed by atoms with van der Waals surface area (Å²) in [5, 5.41) is 8.83. The molecule has 1 rings (SSSR count). The molecule has 5 nitrogen and oxygen atoms in total. The van der Waals surface area contributed by atoms with Crippen molar-refractivity contribution in [1.29, 1.82) is 0 Å². The Balaban J connectivity index is 2.67. The van der Waals surface area contributed by atoms with E-state index in [0.29, 0.717) is 6.54 Å². The Morgan fingerprint density at radius 2 is 2.00 bits per heavy atom. The third-order valence-corrected chi connectivity index (χ3v) is 2.34. The number of carbonyl (C=O) groups excluding carboxylic acids is 1. The van der Waals surface area contributed by atoms with Gasteiger partial charge in [-0.25, -0.2) is 4.79 Å². The third kappa shape index (κ3) is 2.92. The van der Waals surface area contributed by atoms with Crippen LogP contribution in [0.4, 0.5) is 0 Å². The molecular weight excluding hydrogens is 198 g/mol. The van der Waals surface area contributed by atoms with Gasteiger partial charge in [-0.2, -0.15) is 0 Å². The zero-order chi connectivity index (χ0) is 11.6. The lowest BCUT2D eigenvalue weighted by Gasteiger charge is -2.35. The summed E-state index contributed by atoms with van der Waals surface area (Å²) in [6.45, 7) is 6.00. The summed E-state index contributed by atoms with van der Waals surface area (Å²) in [5.74, 6) is -1.13. The highest BCUT2D eigenvalue weighted by Gasteiger charge is 2.33. The Hall–Kier alpha value is -1.10. The summed E-state index contributed by atoms with van der Waals surface area (Å²) in [5.41, 5.74) is 0. The van der Waals surface area contributed by atoms with Gasteiger partial charge in [0, 0.05) is 12.5 Å². The molecule has 0 aliphatic carbocycles. The lowest BCUT2D eigenvalue weighted by molar-refractivity contribution is -0.167. The third-order valence-electron chi connectivity index (χ3n) is 2.34. The number of hydrogen-bond acceptors (Lipinski definition) is 3. The van der Waals surface area contributed by atoms with Gasteiger partial charge >= 0.3 is 5.97 Å². The molecule has 15 heavy (non-hydrogen) atoms. The molecule has 86 valence electrons. The first kappa shape index (κ1) is 12.0. The molecule has 1 amide bonds. The zero-order valence-corrected chi connectivity index (χ0v) is 9.27. The van der Waals surface area contributed by atoms with Crippen molar-refractivity contribution < 1.29 is 19.4 Å². The van der Waals surface area contributed by atoms with Crippen LogP contribution in [0.2, 0.25) is 0 Å². The van der Waals surface area contributed by atoms with Gasteiger partial charge < -0.3 is 14.7 Å². The predicted molar refractivity (Wildman–Crippen MR) is 53.4 cm³/mol. The molecule has 0 spiro atoms. The van der Waals surface area contributed by atoms with Crippen LogP contribution < -0.4 is 0 Å². The van der Waals surface area contributed by atoms with Crippen molar-refractivity contribution in [3.05, 3.63) is 0 Å². The molecule has 1 heterocycles. The molecule has 0 radical (unpaired) electrons. The Kier molecular flexibility index (Phi) is 3.68. The molecular formula is C10H17NO4. The predicted octanol–water partition coefficient (Wildman–Crippen LogP) is 0.343. The topological polar surface area (TPSA) is 66.8 Å². The largest absolute Gasteiger partial charge is 0.479 e. The Morgan fingerprint density at radius 1 is 1.40 bits per heavy atom. The van der Waals surface area contributed by atoms with Crippen LogP contribution in [0, 0.1) is 5.92 Å². The van der Waals surface area contributed by atoms with E-state index < -0.39 is 12.1 Å². The second-order valence-electron chi connectivity index (χ2n) is 4.17. The first-order chi connectivity index (χ1) is 6.91. The normalized spacial score (nSPS) is 26.8. The van der Waals surface area contributed by atoms with Crippen LogP contribution in [0.5, 0.6) is 0 Å². The minimum atomic E-state index is -1.01. The van der Waals surface area contributed by atoms with Gasteiger partial charge in [0.25, 0.3) is 0 Å². The molecule has 0 aromatic heterocycles. The van der Waals surface area contributed by atoms with E-state index >= 15 is 0 Å². The fourth-order valence-corrected chi connectivity index (χ4v) is 1.63. The summed E-state index contributed by atoms with van der Waals surface area (Å²) in [6, 6.07) is 0. The quantitative estimate of drug-likeness (QED) is 0.721. The zero-order valence-electron chi connectivity index (χ0n) is 9.27. The van der Waals surface area contributed by atoms with Gasteiger partial charge in [-0.15, -0.1) is 0 Å². The molecule has 1 aliphatic rings. The van der Waals surface area contributed by atoms with Crippen molar-refractivity contribution in [2.75, 3.05) is 13.1 Å². The number of nitrogens with zero attached hydrogens (tertiary/aromatic N) is 1. The summed E-state index contributed by atoms with van der Waals surface area (Å²) >= 11 is 0. The van der Waals surface area contributed by atoms with Crippen LogP contribution in [0.1, 0.15) is 20.8 Å². The average Bonchev–Trinajstić information content (AvgIpc) is 2.15. The highest BCUT2D eigenvalue weighted by molar-refractivity contribution is 5.80. The summed E-state index contributed by atoms with van der Waals surface area (Å²) < 4.78 is 5.21. The molecule has 1 saturated heterocycles. The lowest BCUT2D eigenvalue weighted by Crippen LogP contribution is -2.52. The van der Waals surface area contributed by atoms with E-state index in [1.165, 1.54) is 0 Å². The van der Waals surface area contributed by atoms with Crippen LogP contribution in [-0.4, -0.2) is 47.2 Å². The molecule has 1 N–H and O–H groups in total. The highest BCUT2D eigenvalue weighted by atomic mass is 16.5. The standard InChI is InChI=1S/C10H17NO4/c1-6(2)9(12)11-4-7(3)15-8(5-11)10(13)14/h6-8H,4-5H2,1-3H3,(H,13,14)/t7-,8?/m1/s1. The monoisotopic (exact) mass is 215 g/mol. The van der Waals surface area contributed by atoms with E-state index in [2.05, 4.69) is 0 Å². The van der Waals surface area contributed by atoms with Crippen LogP contribution in [0.15, 0.2) is 0 Å². The molecule has 1 fully saturated rings. The molecule has 1 aliphatic heterocycles. The fraction of sp³-hybridized carbons (Fsp3) is 0.800. The Morgan fingerprint density at radius 3 is 2.47 bits per heavy atom. The van der Waals surface area contributed by atoms with E-state index in [9.17, 15) is 9.59 Å². The van der Waals surface area contributed by atoms with Crippen molar-refractivity contribution in [3.63, 3.8) is 0 Å². The molecule has 0 bridgehead atoms. The van der Waals surface area contributed by atoms with Gasteiger partial charge in [-0.1, -0.05) is 13.8 Å². The minimum Gasteiger partial charge on any atom is -0.479 e. The van der Waals surface area contributed by atoms with E-state index in [1.54, 1.807) is 25.7 Å². The molecule has 2 atom stereocenters. The van der Waals surface area contributed by atoms with Gasteiger partial charge in [0.05, 0.1) is 12.6 Å². The van der Waals surface area contributed by atoms with Gasteiger partial charge in [-0.05, 0) is 6.92 Å². The maximum atomic E-state index is 11.7. The van der Waals surface area contributed by atoms with E-state index in [4.69, 9.17) is 9.84 Å². The van der Waals surface area contributed by atoms with Crippen LogP contribution in [0.25, 0.3) is 0 Å². The van der Waals surface area contributed by atoms with Crippen molar-refractivity contribution in [3.8, 4) is 0 Å². The number of aliphatic carboxylic acids is 1. The first-order valence-corrected chi connectivity index (χ1v) is 5.09. The minimum absolute atomic E-state index is 0.0172. The van der Waals surface area contributed by atoms with Crippen molar-refractivity contribution in [2.24, 2.45) is 5.92 Å². The number of amides is 1. The summed E-state index contributed by atoms with van der Waals surface area (Å²) in [6.07, 6.45) is -1.11. The number of carbonyl (C=O) groups is 2. The molecule has 0 aromatic rings. The number of rotatable bonds is 2. The van der Waals surface area contributed by atoms with Gasteiger partial charge in [0.2, 0.25) is 5.91 Å². The number of ether oxygens (including phenoxy) is 1. The highest BCUT2D eigenvalue weighted by Crippen LogP contribution is 2.13. The molecule has 0 aromatic carbocycles. The second kappa shape index (κ2) is 4.61. The second-order valence-corrected chi connectivity index (χ2v) is 4.17. The van der Waals surface area contributed by atoms with Gasteiger partial charge in [-0.3, -0.25) is 4.79 Å². The maximum Gasteiger partial charge on any atom is 0.334 e. The summed E-state index contributed by atoms with van der Waals surface area (Å²) in [4.78, 5) is 24.0. The fourth-order valence-electron chi connectivity index (χ4n) is 1.63. The first-order valence-electron chi connectivity index (χ1n) is 5.09. The summed E-state index contributed by atoms with van der Waals surface area (Å²) in [7, 11) is 0.